The standard InChI is InChI=1S/C22H20N4O/c1-15(18-12-11-17-7-3-4-8-19(17)13-18)24-25-22(27)14-26-16(2)23-20-9-5-6-10-21(20)26/h3-13H,14H2,1-2H3,(H,25,27)/b24-15+. The Hall–Kier alpha value is -3.47. The Bertz CT molecular complexity index is 1170. The molecule has 0 unspecified atom stereocenters. The zero-order chi connectivity index (χ0) is 18.8. The van der Waals surface area contributed by atoms with Crippen molar-refractivity contribution in [3.05, 3.63) is 78.1 Å². The van der Waals surface area contributed by atoms with Crippen molar-refractivity contribution in [1.29, 1.82) is 0 Å². The first-order valence-corrected chi connectivity index (χ1v) is 8.86. The molecule has 4 aromatic rings. The summed E-state index contributed by atoms with van der Waals surface area (Å²) in [4.78, 5) is 16.9. The number of aryl methyl sites for hydroxylation is 1. The molecule has 0 atom stereocenters. The van der Waals surface area contributed by atoms with Crippen molar-refractivity contribution in [2.75, 3.05) is 0 Å². The van der Waals surface area contributed by atoms with Gasteiger partial charge in [-0.1, -0.05) is 48.5 Å². The normalized spacial score (nSPS) is 11.9. The van der Waals surface area contributed by atoms with Crippen LogP contribution in [0.2, 0.25) is 0 Å². The fraction of sp³-hybridized carbons (Fsp3) is 0.136. The number of carbonyl (C=O) groups excluding carboxylic acids is 1. The minimum Gasteiger partial charge on any atom is -0.319 e. The molecule has 1 amide bonds. The average Bonchev–Trinajstić information content (AvgIpc) is 3.01. The Morgan fingerprint density at radius 1 is 1.04 bits per heavy atom. The molecule has 0 aliphatic rings. The third kappa shape index (κ3) is 3.44. The highest BCUT2D eigenvalue weighted by atomic mass is 16.2. The maximum atomic E-state index is 12.4. The summed E-state index contributed by atoms with van der Waals surface area (Å²) < 4.78 is 1.89. The van der Waals surface area contributed by atoms with Gasteiger partial charge in [0.1, 0.15) is 12.4 Å². The van der Waals surface area contributed by atoms with Crippen molar-refractivity contribution in [1.82, 2.24) is 15.0 Å². The highest BCUT2D eigenvalue weighted by Gasteiger charge is 2.10. The first-order chi connectivity index (χ1) is 13.1. The van der Waals surface area contributed by atoms with Gasteiger partial charge in [-0.25, -0.2) is 10.4 Å². The third-order valence-electron chi connectivity index (χ3n) is 4.66. The summed E-state index contributed by atoms with van der Waals surface area (Å²) in [5.74, 6) is 0.628. The zero-order valence-electron chi connectivity index (χ0n) is 15.3. The molecule has 0 aliphatic carbocycles. The summed E-state index contributed by atoms with van der Waals surface area (Å²) in [5, 5.41) is 6.61. The van der Waals surface area contributed by atoms with Crippen LogP contribution in [-0.2, 0) is 11.3 Å². The van der Waals surface area contributed by atoms with Gasteiger partial charge < -0.3 is 4.57 Å². The van der Waals surface area contributed by atoms with E-state index in [2.05, 4.69) is 39.8 Å². The molecular weight excluding hydrogens is 336 g/mol. The van der Waals surface area contributed by atoms with E-state index < -0.39 is 0 Å². The molecule has 134 valence electrons. The van der Waals surface area contributed by atoms with E-state index in [1.54, 1.807) is 0 Å². The summed E-state index contributed by atoms with van der Waals surface area (Å²) in [6.45, 7) is 3.97. The number of aromatic nitrogens is 2. The number of hydrogen-bond donors (Lipinski definition) is 1. The number of nitrogens with zero attached hydrogens (tertiary/aromatic N) is 3. The second-order valence-electron chi connectivity index (χ2n) is 6.53. The number of hydrogen-bond acceptors (Lipinski definition) is 3. The number of benzene rings is 3. The van der Waals surface area contributed by atoms with E-state index in [1.165, 1.54) is 5.39 Å². The van der Waals surface area contributed by atoms with Crippen LogP contribution in [0.15, 0.2) is 71.8 Å². The van der Waals surface area contributed by atoms with Crippen molar-refractivity contribution in [3.63, 3.8) is 0 Å². The van der Waals surface area contributed by atoms with E-state index in [-0.39, 0.29) is 12.5 Å². The lowest BCUT2D eigenvalue weighted by Gasteiger charge is -2.07. The second kappa shape index (κ2) is 7.03. The molecule has 1 N–H and O–H groups in total. The lowest BCUT2D eigenvalue weighted by molar-refractivity contribution is -0.121. The van der Waals surface area contributed by atoms with Gasteiger partial charge in [0.25, 0.3) is 5.91 Å². The second-order valence-corrected chi connectivity index (χ2v) is 6.53. The van der Waals surface area contributed by atoms with E-state index in [0.717, 1.165) is 33.5 Å². The smallest absolute Gasteiger partial charge is 0.260 e. The number of rotatable bonds is 4. The van der Waals surface area contributed by atoms with E-state index >= 15 is 0 Å². The molecule has 1 aromatic heterocycles. The molecule has 0 radical (unpaired) electrons. The number of hydrazone groups is 1. The molecule has 5 heteroatoms. The van der Waals surface area contributed by atoms with Gasteiger partial charge in [-0.05, 0) is 48.4 Å². The molecule has 27 heavy (non-hydrogen) atoms. The maximum absolute atomic E-state index is 12.4. The Labute approximate surface area is 157 Å². The number of fused-ring (bicyclic) bond motifs is 2. The topological polar surface area (TPSA) is 59.3 Å². The molecule has 0 spiro atoms. The van der Waals surface area contributed by atoms with Crippen LogP contribution < -0.4 is 5.43 Å². The fourth-order valence-corrected chi connectivity index (χ4v) is 3.20. The van der Waals surface area contributed by atoms with Crippen LogP contribution in [0.5, 0.6) is 0 Å². The molecule has 0 saturated carbocycles. The molecular formula is C22H20N4O. The molecule has 1 heterocycles. The van der Waals surface area contributed by atoms with Crippen LogP contribution >= 0.6 is 0 Å². The highest BCUT2D eigenvalue weighted by Crippen LogP contribution is 2.17. The molecule has 0 aliphatic heterocycles. The number of carbonyl (C=O) groups is 1. The van der Waals surface area contributed by atoms with Gasteiger partial charge >= 0.3 is 0 Å². The summed E-state index contributed by atoms with van der Waals surface area (Å²) in [6.07, 6.45) is 0. The quantitative estimate of drug-likeness (QED) is 0.443. The predicted molar refractivity (Wildman–Crippen MR) is 109 cm³/mol. The predicted octanol–water partition coefficient (Wildman–Crippen LogP) is 4.04. The molecule has 0 bridgehead atoms. The maximum Gasteiger partial charge on any atom is 0.260 e. The average molecular weight is 356 g/mol. The van der Waals surface area contributed by atoms with Crippen molar-refractivity contribution in [3.8, 4) is 0 Å². The van der Waals surface area contributed by atoms with Crippen molar-refractivity contribution >= 4 is 33.4 Å². The summed E-state index contributed by atoms with van der Waals surface area (Å²) in [7, 11) is 0. The fourth-order valence-electron chi connectivity index (χ4n) is 3.20. The molecule has 3 aromatic carbocycles. The van der Waals surface area contributed by atoms with Gasteiger partial charge in [-0.2, -0.15) is 5.10 Å². The number of para-hydroxylation sites is 2. The van der Waals surface area contributed by atoms with Gasteiger partial charge in [-0.15, -0.1) is 0 Å². The Morgan fingerprint density at radius 3 is 2.63 bits per heavy atom. The first kappa shape index (κ1) is 17.0. The Morgan fingerprint density at radius 2 is 1.78 bits per heavy atom. The lowest BCUT2D eigenvalue weighted by atomic mass is 10.0. The minimum atomic E-state index is -0.179. The van der Waals surface area contributed by atoms with E-state index in [9.17, 15) is 4.79 Å². The summed E-state index contributed by atoms with van der Waals surface area (Å²) in [5.41, 5.74) is 6.24. The van der Waals surface area contributed by atoms with Crippen LogP contribution in [0.25, 0.3) is 21.8 Å². The SMILES string of the molecule is C/C(=N\NC(=O)Cn1c(C)nc2ccccc21)c1ccc2ccccc2c1. The molecule has 5 nitrogen and oxygen atoms in total. The monoisotopic (exact) mass is 356 g/mol. The number of amides is 1. The van der Waals surface area contributed by atoms with E-state index in [4.69, 9.17) is 0 Å². The van der Waals surface area contributed by atoms with E-state index in [0.29, 0.717) is 0 Å². The van der Waals surface area contributed by atoms with Gasteiger partial charge in [0.2, 0.25) is 0 Å². The van der Waals surface area contributed by atoms with Crippen LogP contribution in [0.1, 0.15) is 18.3 Å². The largest absolute Gasteiger partial charge is 0.319 e. The van der Waals surface area contributed by atoms with Gasteiger partial charge in [0.05, 0.1) is 16.7 Å². The van der Waals surface area contributed by atoms with Gasteiger partial charge in [-0.3, -0.25) is 4.79 Å². The zero-order valence-corrected chi connectivity index (χ0v) is 15.3. The van der Waals surface area contributed by atoms with Crippen LogP contribution in [0, 0.1) is 6.92 Å². The summed E-state index contributed by atoms with van der Waals surface area (Å²) in [6, 6.07) is 22.1. The summed E-state index contributed by atoms with van der Waals surface area (Å²) >= 11 is 0. The van der Waals surface area contributed by atoms with Crippen LogP contribution in [0.4, 0.5) is 0 Å². The Kier molecular flexibility index (Phi) is 4.42. The van der Waals surface area contributed by atoms with E-state index in [1.807, 2.05) is 60.9 Å². The van der Waals surface area contributed by atoms with Gasteiger partial charge in [0, 0.05) is 0 Å². The number of imidazole rings is 1. The van der Waals surface area contributed by atoms with Crippen LogP contribution in [-0.4, -0.2) is 21.2 Å². The van der Waals surface area contributed by atoms with Gasteiger partial charge in [0.15, 0.2) is 0 Å². The molecule has 4 rings (SSSR count). The molecule has 0 fully saturated rings. The van der Waals surface area contributed by atoms with Crippen molar-refractivity contribution in [2.45, 2.75) is 20.4 Å². The third-order valence-corrected chi connectivity index (χ3v) is 4.66. The molecule has 0 saturated heterocycles. The van der Waals surface area contributed by atoms with Crippen molar-refractivity contribution < 1.29 is 4.79 Å². The highest BCUT2D eigenvalue weighted by molar-refractivity contribution is 6.02. The minimum absolute atomic E-state index is 0.179. The lowest BCUT2D eigenvalue weighted by Crippen LogP contribution is -2.24. The Balaban J connectivity index is 1.51. The van der Waals surface area contributed by atoms with Crippen molar-refractivity contribution in [2.24, 2.45) is 5.10 Å². The van der Waals surface area contributed by atoms with Crippen LogP contribution in [0.3, 0.4) is 0 Å². The first-order valence-electron chi connectivity index (χ1n) is 8.86. The number of nitrogens with one attached hydrogen (secondary N) is 1.